The van der Waals surface area contributed by atoms with Gasteiger partial charge in [-0.05, 0) is 41.5 Å². The van der Waals surface area contributed by atoms with Crippen molar-refractivity contribution in [2.45, 2.75) is 12.6 Å². The summed E-state index contributed by atoms with van der Waals surface area (Å²) in [6, 6.07) is 12.5. The van der Waals surface area contributed by atoms with Crippen LogP contribution in [0.15, 0.2) is 66.2 Å². The number of ether oxygens (including phenoxy) is 2. The lowest BCUT2D eigenvalue weighted by molar-refractivity contribution is -0.140. The molecule has 1 unspecified atom stereocenters. The van der Waals surface area contributed by atoms with Gasteiger partial charge in [0, 0.05) is 12.6 Å². The van der Waals surface area contributed by atoms with E-state index in [0.717, 1.165) is 0 Å². The molecule has 0 aromatic heterocycles. The van der Waals surface area contributed by atoms with Crippen LogP contribution in [0.3, 0.4) is 0 Å². The second-order valence-electron chi connectivity index (χ2n) is 7.79. The van der Waals surface area contributed by atoms with Gasteiger partial charge in [-0.15, -0.1) is 0 Å². The third-order valence-corrected chi connectivity index (χ3v) is 6.02. The van der Waals surface area contributed by atoms with Gasteiger partial charge in [-0.1, -0.05) is 35.9 Å². The van der Waals surface area contributed by atoms with Crippen LogP contribution in [-0.2, 0) is 16.1 Å². The van der Waals surface area contributed by atoms with Crippen LogP contribution in [0.5, 0.6) is 11.5 Å². The largest absolute Gasteiger partial charge is 0.507 e. The number of halogens is 3. The quantitative estimate of drug-likeness (QED) is 0.284. The Bertz CT molecular complexity index is 1320. The molecule has 3 aromatic rings. The molecule has 1 aliphatic heterocycles. The zero-order valence-electron chi connectivity index (χ0n) is 18.7. The summed E-state index contributed by atoms with van der Waals surface area (Å²) in [6.45, 7) is -0.0514. The number of aliphatic hydroxyl groups excluding tert-OH is 1. The van der Waals surface area contributed by atoms with Crippen molar-refractivity contribution in [1.82, 2.24) is 4.90 Å². The summed E-state index contributed by atoms with van der Waals surface area (Å²) in [5.41, 5.74) is 0.812. The lowest BCUT2D eigenvalue weighted by Gasteiger charge is -2.25. The van der Waals surface area contributed by atoms with Crippen molar-refractivity contribution in [3.63, 3.8) is 0 Å². The van der Waals surface area contributed by atoms with E-state index >= 15 is 0 Å². The minimum absolute atomic E-state index is 0.0514. The van der Waals surface area contributed by atoms with Crippen molar-refractivity contribution in [3.05, 3.63) is 99.6 Å². The first-order valence-electron chi connectivity index (χ1n) is 10.4. The molecule has 1 saturated heterocycles. The van der Waals surface area contributed by atoms with Gasteiger partial charge in [0.2, 0.25) is 0 Å². The topological polar surface area (TPSA) is 76.1 Å². The van der Waals surface area contributed by atoms with E-state index < -0.39 is 35.1 Å². The molecule has 3 aromatic carbocycles. The molecule has 0 radical (unpaired) electrons. The predicted octanol–water partition coefficient (Wildman–Crippen LogP) is 5.26. The highest BCUT2D eigenvalue weighted by Gasteiger charge is 2.46. The van der Waals surface area contributed by atoms with Crippen LogP contribution in [0.1, 0.15) is 22.7 Å². The summed E-state index contributed by atoms with van der Waals surface area (Å²) >= 11 is 6.25. The molecule has 1 fully saturated rings. The van der Waals surface area contributed by atoms with Crippen LogP contribution in [0.25, 0.3) is 5.76 Å². The van der Waals surface area contributed by atoms with Crippen LogP contribution in [0.4, 0.5) is 8.78 Å². The summed E-state index contributed by atoms with van der Waals surface area (Å²) in [5, 5.41) is 11.4. The Morgan fingerprint density at radius 3 is 2.09 bits per heavy atom. The number of rotatable bonds is 6. The van der Waals surface area contributed by atoms with Crippen molar-refractivity contribution in [3.8, 4) is 11.5 Å². The molecular formula is C26H20ClF2NO5. The molecule has 0 spiro atoms. The minimum Gasteiger partial charge on any atom is -0.507 e. The summed E-state index contributed by atoms with van der Waals surface area (Å²) in [7, 11) is 2.78. The fourth-order valence-corrected chi connectivity index (χ4v) is 4.25. The maximum Gasteiger partial charge on any atom is 0.295 e. The molecule has 35 heavy (non-hydrogen) atoms. The number of amides is 1. The molecule has 1 aliphatic rings. The highest BCUT2D eigenvalue weighted by Crippen LogP contribution is 2.43. The Morgan fingerprint density at radius 2 is 1.51 bits per heavy atom. The van der Waals surface area contributed by atoms with E-state index in [1.807, 2.05) is 0 Å². The molecule has 6 nitrogen and oxygen atoms in total. The maximum absolute atomic E-state index is 13.7. The number of ketones is 1. The van der Waals surface area contributed by atoms with E-state index in [2.05, 4.69) is 0 Å². The van der Waals surface area contributed by atoms with Gasteiger partial charge in [0.1, 0.15) is 28.9 Å². The SMILES string of the molecule is COc1cc(OC)c(/C(O)=C2\C(=O)C(=O)N(Cc3ccc(F)cc3)C2c2ccc(F)cc2)cc1Cl. The van der Waals surface area contributed by atoms with Gasteiger partial charge in [-0.25, -0.2) is 8.78 Å². The van der Waals surface area contributed by atoms with Crippen LogP contribution < -0.4 is 9.47 Å². The number of Topliss-reactive ketones (excluding diaryl/α,β-unsaturated/α-hetero) is 1. The summed E-state index contributed by atoms with van der Waals surface area (Å²) < 4.78 is 37.6. The van der Waals surface area contributed by atoms with Gasteiger partial charge in [0.15, 0.2) is 0 Å². The summed E-state index contributed by atoms with van der Waals surface area (Å²) in [5.74, 6) is -2.84. The Kier molecular flexibility index (Phi) is 6.75. The Labute approximate surface area is 205 Å². The zero-order chi connectivity index (χ0) is 25.3. The van der Waals surface area contributed by atoms with Gasteiger partial charge >= 0.3 is 0 Å². The van der Waals surface area contributed by atoms with E-state index in [1.165, 1.54) is 79.8 Å². The molecule has 0 bridgehead atoms. The van der Waals surface area contributed by atoms with Crippen LogP contribution >= 0.6 is 11.6 Å². The third-order valence-electron chi connectivity index (χ3n) is 5.72. The number of hydrogen-bond donors (Lipinski definition) is 1. The minimum atomic E-state index is -1.05. The number of carbonyl (C=O) groups excluding carboxylic acids is 2. The Balaban J connectivity index is 1.90. The van der Waals surface area contributed by atoms with Gasteiger partial charge < -0.3 is 19.5 Å². The smallest absolute Gasteiger partial charge is 0.295 e. The van der Waals surface area contributed by atoms with E-state index in [1.54, 1.807) is 0 Å². The van der Waals surface area contributed by atoms with Gasteiger partial charge in [0.25, 0.3) is 11.7 Å². The standard InChI is InChI=1S/C26H20ClF2NO5/c1-34-20-12-21(35-2)19(27)11-18(20)24(31)22-23(15-5-9-17(29)10-6-15)30(26(33)25(22)32)13-14-3-7-16(28)8-4-14/h3-12,23,31H,13H2,1-2H3/b24-22+. The molecule has 0 saturated carbocycles. The van der Waals surface area contributed by atoms with Crippen molar-refractivity contribution in [1.29, 1.82) is 0 Å². The van der Waals surface area contributed by atoms with Crippen molar-refractivity contribution in [2.24, 2.45) is 0 Å². The van der Waals surface area contributed by atoms with E-state index in [0.29, 0.717) is 11.1 Å². The Morgan fingerprint density at radius 1 is 0.943 bits per heavy atom. The first kappa shape index (κ1) is 24.2. The van der Waals surface area contributed by atoms with Crippen LogP contribution in [0, 0.1) is 11.6 Å². The molecule has 9 heteroatoms. The summed E-state index contributed by atoms with van der Waals surface area (Å²) in [4.78, 5) is 27.5. The molecule has 180 valence electrons. The van der Waals surface area contributed by atoms with Crippen molar-refractivity contribution < 1.29 is 33.0 Å². The third kappa shape index (κ3) is 4.57. The average Bonchev–Trinajstić information content (AvgIpc) is 3.10. The second kappa shape index (κ2) is 9.76. The monoisotopic (exact) mass is 499 g/mol. The fourth-order valence-electron chi connectivity index (χ4n) is 4.01. The maximum atomic E-state index is 13.7. The number of nitrogens with zero attached hydrogens (tertiary/aromatic N) is 1. The number of likely N-dealkylation sites (tertiary alicyclic amines) is 1. The second-order valence-corrected chi connectivity index (χ2v) is 8.20. The van der Waals surface area contributed by atoms with E-state index in [-0.39, 0.29) is 34.2 Å². The lowest BCUT2D eigenvalue weighted by Crippen LogP contribution is -2.29. The first-order chi connectivity index (χ1) is 16.7. The number of aliphatic hydroxyl groups is 1. The first-order valence-corrected chi connectivity index (χ1v) is 10.8. The molecule has 0 aliphatic carbocycles. The molecule has 1 N–H and O–H groups in total. The lowest BCUT2D eigenvalue weighted by atomic mass is 9.94. The number of methoxy groups -OCH3 is 2. The Hall–Kier alpha value is -3.91. The number of benzene rings is 3. The molecule has 1 heterocycles. The summed E-state index contributed by atoms with van der Waals surface area (Å²) in [6.07, 6.45) is 0. The van der Waals surface area contributed by atoms with Gasteiger partial charge in [-0.2, -0.15) is 0 Å². The van der Waals surface area contributed by atoms with Crippen molar-refractivity contribution >= 4 is 29.1 Å². The fraction of sp³-hybridized carbons (Fsp3) is 0.154. The molecule has 4 rings (SSSR count). The predicted molar refractivity (Wildman–Crippen MR) is 125 cm³/mol. The zero-order valence-corrected chi connectivity index (χ0v) is 19.5. The normalized spacial score (nSPS) is 17.1. The van der Waals surface area contributed by atoms with Crippen LogP contribution in [-0.4, -0.2) is 35.9 Å². The molecule has 1 atom stereocenters. The number of carbonyl (C=O) groups is 2. The van der Waals surface area contributed by atoms with Crippen molar-refractivity contribution in [2.75, 3.05) is 14.2 Å². The van der Waals surface area contributed by atoms with E-state index in [9.17, 15) is 23.5 Å². The van der Waals surface area contributed by atoms with Gasteiger partial charge in [-0.3, -0.25) is 9.59 Å². The highest BCUT2D eigenvalue weighted by molar-refractivity contribution is 6.46. The molecule has 1 amide bonds. The van der Waals surface area contributed by atoms with Gasteiger partial charge in [0.05, 0.1) is 36.4 Å². The molecular weight excluding hydrogens is 480 g/mol. The number of hydrogen-bond acceptors (Lipinski definition) is 5. The highest BCUT2D eigenvalue weighted by atomic mass is 35.5. The average molecular weight is 500 g/mol. The van der Waals surface area contributed by atoms with E-state index in [4.69, 9.17) is 21.1 Å². The van der Waals surface area contributed by atoms with Crippen LogP contribution in [0.2, 0.25) is 5.02 Å².